The Morgan fingerprint density at radius 3 is 2.70 bits per heavy atom. The number of nitrogens with one attached hydrogen (secondary N) is 1. The van der Waals surface area contributed by atoms with Gasteiger partial charge in [0.05, 0.1) is 24.0 Å². The molecule has 3 aromatic rings. The van der Waals surface area contributed by atoms with Crippen molar-refractivity contribution < 1.29 is 23.0 Å². The Kier molecular flexibility index (Phi) is 5.10. The maximum atomic E-state index is 13.0. The Hall–Kier alpha value is -2.78. The minimum absolute atomic E-state index is 0.121. The van der Waals surface area contributed by atoms with E-state index < -0.39 is 18.0 Å². The summed E-state index contributed by atoms with van der Waals surface area (Å²) in [6.45, 7) is 6.37. The van der Waals surface area contributed by atoms with E-state index in [4.69, 9.17) is 26.1 Å². The number of carbonyl (C=O) groups is 1. The molecule has 2 aliphatic heterocycles. The highest BCUT2D eigenvalue weighted by atomic mass is 35.5. The third-order valence-corrected chi connectivity index (χ3v) is 6.49. The topological polar surface area (TPSA) is 77.8 Å². The van der Waals surface area contributed by atoms with E-state index in [0.717, 1.165) is 18.5 Å². The van der Waals surface area contributed by atoms with E-state index in [-0.39, 0.29) is 22.8 Å². The molecule has 5 heterocycles. The van der Waals surface area contributed by atoms with Crippen LogP contribution in [-0.4, -0.2) is 38.6 Å². The molecule has 0 spiro atoms. The minimum atomic E-state index is -2.77. The predicted octanol–water partition coefficient (Wildman–Crippen LogP) is 5.18. The fourth-order valence-corrected chi connectivity index (χ4v) is 5.22. The van der Waals surface area contributed by atoms with Gasteiger partial charge in [-0.3, -0.25) is 9.20 Å². The van der Waals surface area contributed by atoms with Gasteiger partial charge in [0.25, 0.3) is 12.3 Å². The molecule has 6 rings (SSSR count). The molecule has 3 aliphatic rings. The number of anilines is 1. The van der Waals surface area contributed by atoms with E-state index in [0.29, 0.717) is 28.8 Å². The van der Waals surface area contributed by atoms with Crippen LogP contribution in [0.2, 0.25) is 5.15 Å². The van der Waals surface area contributed by atoms with Crippen molar-refractivity contribution in [3.63, 3.8) is 0 Å². The highest BCUT2D eigenvalue weighted by molar-refractivity contribution is 6.30. The minimum Gasteiger partial charge on any atom is -0.489 e. The number of hydrogen-bond donors (Lipinski definition) is 1. The molecule has 3 fully saturated rings. The summed E-state index contributed by atoms with van der Waals surface area (Å²) in [4.78, 5) is 21.3. The molecule has 2 saturated heterocycles. The highest BCUT2D eigenvalue weighted by Gasteiger charge is 2.62. The van der Waals surface area contributed by atoms with Gasteiger partial charge in [-0.2, -0.15) is 0 Å². The van der Waals surface area contributed by atoms with Gasteiger partial charge in [0.15, 0.2) is 0 Å². The molecule has 2 bridgehead atoms. The first-order valence-electron chi connectivity index (χ1n) is 10.7. The van der Waals surface area contributed by atoms with Crippen molar-refractivity contribution in [3.05, 3.63) is 52.7 Å². The van der Waals surface area contributed by atoms with Gasteiger partial charge in [-0.15, -0.1) is 0 Å². The third kappa shape index (κ3) is 3.73. The first kappa shape index (κ1) is 22.0. The number of pyridine rings is 2. The lowest BCUT2D eigenvalue weighted by Crippen LogP contribution is -2.45. The number of rotatable bonds is 6. The lowest BCUT2D eigenvalue weighted by atomic mass is 9.62. The molecule has 33 heavy (non-hydrogen) atoms. The first-order valence-corrected chi connectivity index (χ1v) is 11.1. The second-order valence-electron chi connectivity index (χ2n) is 9.27. The maximum absolute atomic E-state index is 13.0. The standard InChI is InChI=1S/C23H23ClF2N4O3/c1-12(2)33-16-7-17-29-18(23-9-22(3,10-23)32-11-23)19(24)30(17)8-15(16)28-21(31)14-6-4-5-13(27-14)20(25)26/h4-8,12,20H,9-11H2,1-3H3,(H,28,31). The molecular formula is C23H23ClF2N4O3. The average molecular weight is 477 g/mol. The van der Waals surface area contributed by atoms with Crippen LogP contribution in [0.1, 0.15) is 61.9 Å². The van der Waals surface area contributed by atoms with Crippen LogP contribution in [-0.2, 0) is 10.2 Å². The summed E-state index contributed by atoms with van der Waals surface area (Å²) >= 11 is 6.73. The number of imidazole rings is 1. The van der Waals surface area contributed by atoms with Crippen molar-refractivity contribution in [2.75, 3.05) is 11.9 Å². The summed E-state index contributed by atoms with van der Waals surface area (Å²) in [6.07, 6.45) is 0.390. The number of hydrogen-bond acceptors (Lipinski definition) is 5. The van der Waals surface area contributed by atoms with Gasteiger partial charge < -0.3 is 14.8 Å². The van der Waals surface area contributed by atoms with Crippen molar-refractivity contribution >= 4 is 28.8 Å². The van der Waals surface area contributed by atoms with Crippen LogP contribution in [0.15, 0.2) is 30.5 Å². The van der Waals surface area contributed by atoms with E-state index in [9.17, 15) is 13.6 Å². The van der Waals surface area contributed by atoms with Crippen LogP contribution in [0.25, 0.3) is 5.65 Å². The lowest BCUT2D eigenvalue weighted by molar-refractivity contribution is 0.0154. The van der Waals surface area contributed by atoms with Gasteiger partial charge in [0, 0.05) is 17.7 Å². The summed E-state index contributed by atoms with van der Waals surface area (Å²) < 4.78 is 39.5. The summed E-state index contributed by atoms with van der Waals surface area (Å²) in [6, 6.07) is 5.62. The molecule has 1 N–H and O–H groups in total. The molecule has 3 aromatic heterocycles. The van der Waals surface area contributed by atoms with E-state index in [1.54, 1.807) is 16.7 Å². The molecule has 0 unspecified atom stereocenters. The SMILES string of the molecule is CC(C)Oc1cc2nc(C34COC(C)(C3)C4)c(Cl)n2cc1NC(=O)c1cccc(C(F)F)n1. The lowest BCUT2D eigenvalue weighted by Gasteiger charge is -2.41. The largest absolute Gasteiger partial charge is 0.489 e. The Morgan fingerprint density at radius 2 is 2.06 bits per heavy atom. The molecular weight excluding hydrogens is 454 g/mol. The van der Waals surface area contributed by atoms with Crippen molar-refractivity contribution in [2.24, 2.45) is 0 Å². The molecule has 0 atom stereocenters. The second-order valence-corrected chi connectivity index (χ2v) is 9.63. The monoisotopic (exact) mass is 476 g/mol. The van der Waals surface area contributed by atoms with Crippen molar-refractivity contribution in [2.45, 2.75) is 57.2 Å². The number of halogens is 3. The molecule has 7 nitrogen and oxygen atoms in total. The second kappa shape index (κ2) is 7.63. The quantitative estimate of drug-likeness (QED) is 0.530. The molecule has 1 saturated carbocycles. The molecule has 0 radical (unpaired) electrons. The summed E-state index contributed by atoms with van der Waals surface area (Å²) in [5, 5.41) is 3.16. The zero-order chi connectivity index (χ0) is 23.5. The fourth-order valence-electron chi connectivity index (χ4n) is 4.84. The average Bonchev–Trinajstić information content (AvgIpc) is 3.37. The van der Waals surface area contributed by atoms with E-state index in [2.05, 4.69) is 17.2 Å². The molecule has 0 aromatic carbocycles. The van der Waals surface area contributed by atoms with Gasteiger partial charge in [0.1, 0.15) is 33.6 Å². The number of aromatic nitrogens is 3. The number of fused-ring (bicyclic) bond motifs is 2. The van der Waals surface area contributed by atoms with Crippen LogP contribution in [0.3, 0.4) is 0 Å². The van der Waals surface area contributed by atoms with Gasteiger partial charge in [0.2, 0.25) is 0 Å². The molecule has 1 aliphatic carbocycles. The number of ether oxygens (including phenoxy) is 2. The van der Waals surface area contributed by atoms with E-state index >= 15 is 0 Å². The van der Waals surface area contributed by atoms with Gasteiger partial charge in [-0.05, 0) is 45.7 Å². The molecule has 10 heteroatoms. The van der Waals surface area contributed by atoms with Gasteiger partial charge in [-0.25, -0.2) is 18.7 Å². The summed E-state index contributed by atoms with van der Waals surface area (Å²) in [5.41, 5.74) is 0.751. The van der Waals surface area contributed by atoms with Crippen molar-refractivity contribution in [1.29, 1.82) is 0 Å². The first-order chi connectivity index (χ1) is 15.6. The van der Waals surface area contributed by atoms with E-state index in [1.165, 1.54) is 18.2 Å². The number of carbonyl (C=O) groups excluding carboxylic acids is 1. The Morgan fingerprint density at radius 1 is 1.30 bits per heavy atom. The zero-order valence-corrected chi connectivity index (χ0v) is 19.1. The fraction of sp³-hybridized carbons (Fsp3) is 0.435. The van der Waals surface area contributed by atoms with Crippen molar-refractivity contribution in [3.8, 4) is 5.75 Å². The van der Waals surface area contributed by atoms with Gasteiger partial charge in [-0.1, -0.05) is 17.7 Å². The normalized spacial score (nSPS) is 23.9. The van der Waals surface area contributed by atoms with Crippen molar-refractivity contribution in [1.82, 2.24) is 14.4 Å². The number of alkyl halides is 2. The van der Waals surface area contributed by atoms with E-state index in [1.807, 2.05) is 13.8 Å². The maximum Gasteiger partial charge on any atom is 0.280 e. The predicted molar refractivity (Wildman–Crippen MR) is 118 cm³/mol. The Labute approximate surface area is 194 Å². The summed E-state index contributed by atoms with van der Waals surface area (Å²) in [5.74, 6) is -0.248. The third-order valence-electron chi connectivity index (χ3n) is 6.13. The Bertz CT molecular complexity index is 1250. The summed E-state index contributed by atoms with van der Waals surface area (Å²) in [7, 11) is 0. The number of amides is 1. The Balaban J connectivity index is 1.52. The smallest absolute Gasteiger partial charge is 0.280 e. The van der Waals surface area contributed by atoms with Crippen LogP contribution in [0.4, 0.5) is 14.5 Å². The molecule has 1 amide bonds. The van der Waals surface area contributed by atoms with Crippen LogP contribution < -0.4 is 10.1 Å². The zero-order valence-electron chi connectivity index (χ0n) is 18.4. The van der Waals surface area contributed by atoms with Crippen LogP contribution in [0.5, 0.6) is 5.75 Å². The number of nitrogens with zero attached hydrogens (tertiary/aromatic N) is 3. The van der Waals surface area contributed by atoms with Crippen LogP contribution >= 0.6 is 11.6 Å². The van der Waals surface area contributed by atoms with Crippen LogP contribution in [0, 0.1) is 0 Å². The van der Waals surface area contributed by atoms with Gasteiger partial charge >= 0.3 is 0 Å². The molecule has 174 valence electrons. The highest BCUT2D eigenvalue weighted by Crippen LogP contribution is 2.59.